The zero-order chi connectivity index (χ0) is 17.2. The number of hydrogen-bond donors (Lipinski definition) is 0. The molecular weight excluding hydrogens is 319 g/mol. The van der Waals surface area contributed by atoms with E-state index in [2.05, 4.69) is 19.9 Å². The molecule has 0 bridgehead atoms. The molecule has 1 aliphatic carbocycles. The monoisotopic (exact) mass is 344 g/mol. The van der Waals surface area contributed by atoms with Crippen LogP contribution in [0.3, 0.4) is 0 Å². The molecule has 134 valence electrons. The van der Waals surface area contributed by atoms with Crippen LogP contribution in [0.2, 0.25) is 0 Å². The summed E-state index contributed by atoms with van der Waals surface area (Å²) in [4.78, 5) is 2.25. The van der Waals surface area contributed by atoms with Crippen LogP contribution in [-0.4, -0.2) is 39.7 Å². The van der Waals surface area contributed by atoms with E-state index in [0.717, 1.165) is 36.8 Å². The van der Waals surface area contributed by atoms with E-state index >= 15 is 0 Å². The predicted molar refractivity (Wildman–Crippen MR) is 92.5 cm³/mol. The second kappa shape index (κ2) is 7.22. The van der Waals surface area contributed by atoms with Crippen LogP contribution in [0.1, 0.15) is 42.6 Å². The highest BCUT2D eigenvalue weighted by Crippen LogP contribution is 2.34. The molecule has 1 aromatic carbocycles. The van der Waals surface area contributed by atoms with Crippen LogP contribution in [0.25, 0.3) is 0 Å². The van der Waals surface area contributed by atoms with E-state index < -0.39 is 0 Å². The van der Waals surface area contributed by atoms with Crippen molar-refractivity contribution in [2.24, 2.45) is 5.92 Å². The zero-order valence-electron chi connectivity index (χ0n) is 14.7. The van der Waals surface area contributed by atoms with Crippen LogP contribution < -0.4 is 0 Å². The SMILES string of the molecule is CCOCC1CN(Cc2ccccc2F)Cc2nnn(CC3CC3)c21. The Morgan fingerprint density at radius 1 is 1.28 bits per heavy atom. The molecule has 1 aromatic heterocycles. The van der Waals surface area contributed by atoms with Gasteiger partial charge >= 0.3 is 0 Å². The van der Waals surface area contributed by atoms with Crippen molar-refractivity contribution in [1.82, 2.24) is 19.9 Å². The fraction of sp³-hybridized carbons (Fsp3) is 0.579. The number of hydrogen-bond acceptors (Lipinski definition) is 4. The number of fused-ring (bicyclic) bond motifs is 1. The highest BCUT2D eigenvalue weighted by Gasteiger charge is 2.33. The van der Waals surface area contributed by atoms with Crippen molar-refractivity contribution < 1.29 is 9.13 Å². The van der Waals surface area contributed by atoms with Crippen molar-refractivity contribution in [3.63, 3.8) is 0 Å². The first-order chi connectivity index (χ1) is 12.2. The van der Waals surface area contributed by atoms with Gasteiger partial charge in [-0.05, 0) is 31.7 Å². The smallest absolute Gasteiger partial charge is 0.127 e. The topological polar surface area (TPSA) is 43.2 Å². The van der Waals surface area contributed by atoms with E-state index in [4.69, 9.17) is 4.74 Å². The first kappa shape index (κ1) is 16.7. The second-order valence-corrected chi connectivity index (χ2v) is 7.16. The minimum atomic E-state index is -0.146. The fourth-order valence-electron chi connectivity index (χ4n) is 3.65. The third kappa shape index (κ3) is 3.75. The van der Waals surface area contributed by atoms with Crippen LogP contribution in [0.15, 0.2) is 24.3 Å². The molecule has 0 saturated heterocycles. The van der Waals surface area contributed by atoms with Gasteiger partial charge in [0.05, 0.1) is 12.3 Å². The number of rotatable bonds is 7. The number of ether oxygens (including phenoxy) is 1. The van der Waals surface area contributed by atoms with Gasteiger partial charge in [-0.1, -0.05) is 23.4 Å². The van der Waals surface area contributed by atoms with Gasteiger partial charge in [-0.25, -0.2) is 9.07 Å². The zero-order valence-corrected chi connectivity index (χ0v) is 14.7. The van der Waals surface area contributed by atoms with Crippen LogP contribution in [0.4, 0.5) is 4.39 Å². The maximum Gasteiger partial charge on any atom is 0.127 e. The van der Waals surface area contributed by atoms with Gasteiger partial charge < -0.3 is 4.74 Å². The maximum atomic E-state index is 14.0. The third-order valence-corrected chi connectivity index (χ3v) is 5.09. The molecule has 25 heavy (non-hydrogen) atoms. The van der Waals surface area contributed by atoms with Crippen LogP contribution >= 0.6 is 0 Å². The Labute approximate surface area is 147 Å². The molecule has 0 spiro atoms. The van der Waals surface area contributed by atoms with Crippen molar-refractivity contribution in [1.29, 1.82) is 0 Å². The summed E-state index contributed by atoms with van der Waals surface area (Å²) in [6, 6.07) is 6.99. The van der Waals surface area contributed by atoms with Gasteiger partial charge in [-0.15, -0.1) is 5.10 Å². The van der Waals surface area contributed by atoms with Gasteiger partial charge in [-0.3, -0.25) is 4.90 Å². The number of aromatic nitrogens is 3. The Bertz CT molecular complexity index is 728. The summed E-state index contributed by atoms with van der Waals surface area (Å²) >= 11 is 0. The molecule has 5 nitrogen and oxygen atoms in total. The summed E-state index contributed by atoms with van der Waals surface area (Å²) < 4.78 is 21.8. The summed E-state index contributed by atoms with van der Waals surface area (Å²) in [6.45, 7) is 6.50. The van der Waals surface area contributed by atoms with Crippen molar-refractivity contribution in [3.8, 4) is 0 Å². The average Bonchev–Trinajstić information content (AvgIpc) is 3.34. The molecule has 1 saturated carbocycles. The number of benzene rings is 1. The van der Waals surface area contributed by atoms with E-state index in [1.807, 2.05) is 19.1 Å². The molecule has 2 heterocycles. The van der Waals surface area contributed by atoms with E-state index in [1.165, 1.54) is 24.6 Å². The Morgan fingerprint density at radius 3 is 2.88 bits per heavy atom. The summed E-state index contributed by atoms with van der Waals surface area (Å²) in [6.07, 6.45) is 2.59. The molecule has 1 atom stereocenters. The van der Waals surface area contributed by atoms with E-state index in [-0.39, 0.29) is 11.7 Å². The standard InChI is InChI=1S/C19H25FN4O/c1-2-25-13-16-11-23(10-15-5-3-4-6-17(15)20)12-18-19(16)24(22-21-18)9-14-7-8-14/h3-6,14,16H,2,7-13H2,1H3. The molecular formula is C19H25FN4O. The van der Waals surface area contributed by atoms with Gasteiger partial charge in [0.15, 0.2) is 0 Å². The molecule has 0 radical (unpaired) electrons. The second-order valence-electron chi connectivity index (χ2n) is 7.16. The molecule has 1 fully saturated rings. The van der Waals surface area contributed by atoms with Gasteiger partial charge in [0.25, 0.3) is 0 Å². The molecule has 6 heteroatoms. The average molecular weight is 344 g/mol. The van der Waals surface area contributed by atoms with Crippen LogP contribution in [-0.2, 0) is 24.4 Å². The molecule has 0 amide bonds. The lowest BCUT2D eigenvalue weighted by atomic mass is 9.98. The molecule has 0 N–H and O–H groups in total. The minimum Gasteiger partial charge on any atom is -0.381 e. The van der Waals surface area contributed by atoms with E-state index in [0.29, 0.717) is 19.8 Å². The quantitative estimate of drug-likeness (QED) is 0.774. The lowest BCUT2D eigenvalue weighted by molar-refractivity contribution is 0.101. The lowest BCUT2D eigenvalue weighted by Gasteiger charge is -2.32. The maximum absolute atomic E-state index is 14.0. The largest absolute Gasteiger partial charge is 0.381 e. The van der Waals surface area contributed by atoms with Crippen LogP contribution in [0, 0.1) is 11.7 Å². The number of nitrogens with zero attached hydrogens (tertiary/aromatic N) is 4. The summed E-state index contributed by atoms with van der Waals surface area (Å²) in [5.74, 6) is 0.853. The predicted octanol–water partition coefficient (Wildman–Crippen LogP) is 2.96. The minimum absolute atomic E-state index is 0.146. The van der Waals surface area contributed by atoms with Gasteiger partial charge in [0.1, 0.15) is 11.5 Å². The molecule has 1 unspecified atom stereocenters. The van der Waals surface area contributed by atoms with Crippen molar-refractivity contribution in [3.05, 3.63) is 47.0 Å². The molecule has 2 aliphatic rings. The normalized spacial score (nSPS) is 20.6. The van der Waals surface area contributed by atoms with Crippen LogP contribution in [0.5, 0.6) is 0 Å². The molecule has 2 aromatic rings. The number of halogens is 1. The van der Waals surface area contributed by atoms with Crippen molar-refractivity contribution >= 4 is 0 Å². The Hall–Kier alpha value is -1.79. The van der Waals surface area contributed by atoms with Crippen molar-refractivity contribution in [2.75, 3.05) is 19.8 Å². The third-order valence-electron chi connectivity index (χ3n) is 5.09. The molecule has 1 aliphatic heterocycles. The highest BCUT2D eigenvalue weighted by atomic mass is 19.1. The summed E-state index contributed by atoms with van der Waals surface area (Å²) in [5.41, 5.74) is 2.98. The van der Waals surface area contributed by atoms with E-state index in [1.54, 1.807) is 6.07 Å². The van der Waals surface area contributed by atoms with E-state index in [9.17, 15) is 4.39 Å². The van der Waals surface area contributed by atoms with Gasteiger partial charge in [0, 0.05) is 44.3 Å². The first-order valence-corrected chi connectivity index (χ1v) is 9.20. The highest BCUT2D eigenvalue weighted by molar-refractivity contribution is 5.22. The van der Waals surface area contributed by atoms with Crippen molar-refractivity contribution in [2.45, 2.75) is 45.3 Å². The molecule has 4 rings (SSSR count). The summed E-state index contributed by atoms with van der Waals surface area (Å²) in [5, 5.41) is 8.84. The van der Waals surface area contributed by atoms with Gasteiger partial charge in [0.2, 0.25) is 0 Å². The first-order valence-electron chi connectivity index (χ1n) is 9.20. The lowest BCUT2D eigenvalue weighted by Crippen LogP contribution is -2.36. The summed E-state index contributed by atoms with van der Waals surface area (Å²) in [7, 11) is 0. The fourth-order valence-corrected chi connectivity index (χ4v) is 3.65. The Morgan fingerprint density at radius 2 is 2.12 bits per heavy atom. The Balaban J connectivity index is 1.55. The Kier molecular flexibility index (Phi) is 4.81. The van der Waals surface area contributed by atoms with Gasteiger partial charge in [-0.2, -0.15) is 0 Å².